The summed E-state index contributed by atoms with van der Waals surface area (Å²) in [5.41, 5.74) is 0.193. The van der Waals surface area contributed by atoms with E-state index in [2.05, 4.69) is 12.2 Å². The van der Waals surface area contributed by atoms with Crippen molar-refractivity contribution in [2.45, 2.75) is 71.4 Å². The van der Waals surface area contributed by atoms with Crippen molar-refractivity contribution in [2.75, 3.05) is 6.54 Å². The number of carbonyl (C=O) groups excluding carboxylic acids is 2. The first-order chi connectivity index (χ1) is 8.97. The van der Waals surface area contributed by atoms with Gasteiger partial charge in [-0.05, 0) is 31.6 Å². The Balaban J connectivity index is 2.11. The van der Waals surface area contributed by atoms with Gasteiger partial charge in [0.1, 0.15) is 12.1 Å². The van der Waals surface area contributed by atoms with Crippen molar-refractivity contribution >= 4 is 11.8 Å². The molecule has 4 heteroatoms. The van der Waals surface area contributed by atoms with Gasteiger partial charge in [0.2, 0.25) is 11.8 Å². The van der Waals surface area contributed by atoms with Crippen LogP contribution in [0, 0.1) is 5.41 Å². The van der Waals surface area contributed by atoms with E-state index in [1.54, 1.807) is 0 Å². The lowest BCUT2D eigenvalue weighted by Crippen LogP contribution is -2.63. The summed E-state index contributed by atoms with van der Waals surface area (Å²) >= 11 is 0. The van der Waals surface area contributed by atoms with Gasteiger partial charge in [-0.1, -0.05) is 33.1 Å². The topological polar surface area (TPSA) is 49.4 Å². The molecule has 1 heterocycles. The average molecular weight is 266 g/mol. The third-order valence-electron chi connectivity index (χ3n) is 4.77. The molecular weight excluding hydrogens is 240 g/mol. The highest BCUT2D eigenvalue weighted by Gasteiger charge is 2.40. The van der Waals surface area contributed by atoms with Gasteiger partial charge in [0.05, 0.1) is 0 Å². The van der Waals surface area contributed by atoms with E-state index in [0.29, 0.717) is 6.42 Å². The lowest BCUT2D eigenvalue weighted by atomic mass is 9.75. The summed E-state index contributed by atoms with van der Waals surface area (Å²) in [6, 6.07) is -0.648. The number of piperazine rings is 1. The van der Waals surface area contributed by atoms with Gasteiger partial charge in [-0.3, -0.25) is 9.59 Å². The molecule has 4 nitrogen and oxygen atoms in total. The van der Waals surface area contributed by atoms with Gasteiger partial charge in [-0.25, -0.2) is 0 Å². The minimum absolute atomic E-state index is 0.00846. The third-order valence-corrected chi connectivity index (χ3v) is 4.77. The van der Waals surface area contributed by atoms with E-state index < -0.39 is 0 Å². The Morgan fingerprint density at radius 1 is 1.26 bits per heavy atom. The number of nitrogens with zero attached hydrogens (tertiary/aromatic N) is 1. The van der Waals surface area contributed by atoms with E-state index in [1.807, 2.05) is 18.7 Å². The molecule has 2 unspecified atom stereocenters. The standard InChI is InChI=1S/C15H26N2O2/c1-4-12-14(19)17(11(2)13(18)16-12)10-15(3)8-6-5-7-9-15/h11-12H,4-10H2,1-3H3,(H,16,18). The zero-order valence-corrected chi connectivity index (χ0v) is 12.4. The van der Waals surface area contributed by atoms with Crippen LogP contribution in [0.2, 0.25) is 0 Å². The maximum Gasteiger partial charge on any atom is 0.245 e. The highest BCUT2D eigenvalue weighted by molar-refractivity contribution is 5.96. The van der Waals surface area contributed by atoms with Crippen molar-refractivity contribution < 1.29 is 9.59 Å². The normalized spacial score (nSPS) is 31.2. The first-order valence-electron chi connectivity index (χ1n) is 7.58. The molecular formula is C15H26N2O2. The van der Waals surface area contributed by atoms with Crippen molar-refractivity contribution in [1.29, 1.82) is 0 Å². The van der Waals surface area contributed by atoms with E-state index in [9.17, 15) is 9.59 Å². The van der Waals surface area contributed by atoms with Crippen LogP contribution < -0.4 is 5.32 Å². The Kier molecular flexibility index (Phi) is 4.16. The van der Waals surface area contributed by atoms with E-state index in [-0.39, 0.29) is 29.3 Å². The molecule has 2 atom stereocenters. The second-order valence-corrected chi connectivity index (χ2v) is 6.48. The zero-order chi connectivity index (χ0) is 14.0. The summed E-state index contributed by atoms with van der Waals surface area (Å²) < 4.78 is 0. The van der Waals surface area contributed by atoms with Crippen molar-refractivity contribution in [3.63, 3.8) is 0 Å². The minimum Gasteiger partial charge on any atom is -0.343 e. The SMILES string of the molecule is CCC1NC(=O)C(C)N(CC2(C)CCCCC2)C1=O. The van der Waals surface area contributed by atoms with Crippen molar-refractivity contribution in [3.05, 3.63) is 0 Å². The summed E-state index contributed by atoms with van der Waals surface area (Å²) in [5.74, 6) is 0.0901. The maximum atomic E-state index is 12.4. The van der Waals surface area contributed by atoms with Gasteiger partial charge < -0.3 is 10.2 Å². The smallest absolute Gasteiger partial charge is 0.245 e. The molecule has 2 fully saturated rings. The van der Waals surface area contributed by atoms with Gasteiger partial charge >= 0.3 is 0 Å². The molecule has 1 N–H and O–H groups in total. The van der Waals surface area contributed by atoms with Crippen LogP contribution in [0.3, 0.4) is 0 Å². The third kappa shape index (κ3) is 2.93. The highest BCUT2D eigenvalue weighted by atomic mass is 16.2. The van der Waals surface area contributed by atoms with Crippen LogP contribution in [-0.4, -0.2) is 35.3 Å². The van der Waals surface area contributed by atoms with Gasteiger partial charge in [0.25, 0.3) is 0 Å². The Labute approximate surface area is 115 Å². The van der Waals surface area contributed by atoms with E-state index in [0.717, 1.165) is 6.54 Å². The fourth-order valence-electron chi connectivity index (χ4n) is 3.35. The van der Waals surface area contributed by atoms with Crippen LogP contribution in [0.1, 0.15) is 59.3 Å². The molecule has 2 rings (SSSR count). The van der Waals surface area contributed by atoms with Crippen molar-refractivity contribution in [2.24, 2.45) is 5.41 Å². The van der Waals surface area contributed by atoms with Gasteiger partial charge in [0, 0.05) is 6.54 Å². The Morgan fingerprint density at radius 3 is 2.47 bits per heavy atom. The van der Waals surface area contributed by atoms with E-state index >= 15 is 0 Å². The molecule has 19 heavy (non-hydrogen) atoms. The molecule has 0 bridgehead atoms. The zero-order valence-electron chi connectivity index (χ0n) is 12.4. The quantitative estimate of drug-likeness (QED) is 0.850. The number of hydrogen-bond donors (Lipinski definition) is 1. The molecule has 0 aromatic heterocycles. The van der Waals surface area contributed by atoms with Crippen LogP contribution in [0.4, 0.5) is 0 Å². The van der Waals surface area contributed by atoms with Crippen molar-refractivity contribution in [3.8, 4) is 0 Å². The number of hydrogen-bond acceptors (Lipinski definition) is 2. The van der Waals surface area contributed by atoms with Gasteiger partial charge in [-0.15, -0.1) is 0 Å². The molecule has 1 aliphatic carbocycles. The second kappa shape index (κ2) is 5.51. The first kappa shape index (κ1) is 14.4. The summed E-state index contributed by atoms with van der Waals surface area (Å²) in [7, 11) is 0. The summed E-state index contributed by atoms with van der Waals surface area (Å²) in [4.78, 5) is 26.2. The van der Waals surface area contributed by atoms with Gasteiger partial charge in [0.15, 0.2) is 0 Å². The minimum atomic E-state index is -0.325. The fraction of sp³-hybridized carbons (Fsp3) is 0.867. The molecule has 108 valence electrons. The second-order valence-electron chi connectivity index (χ2n) is 6.48. The average Bonchev–Trinajstić information content (AvgIpc) is 2.40. The van der Waals surface area contributed by atoms with Crippen LogP contribution in [0.5, 0.6) is 0 Å². The summed E-state index contributed by atoms with van der Waals surface area (Å²) in [6.07, 6.45) is 6.80. The highest BCUT2D eigenvalue weighted by Crippen LogP contribution is 2.37. The molecule has 2 aliphatic rings. The van der Waals surface area contributed by atoms with Crippen LogP contribution in [0.15, 0.2) is 0 Å². The molecule has 0 radical (unpaired) electrons. The van der Waals surface area contributed by atoms with E-state index in [1.165, 1.54) is 32.1 Å². The van der Waals surface area contributed by atoms with E-state index in [4.69, 9.17) is 0 Å². The molecule has 1 saturated carbocycles. The molecule has 2 amide bonds. The lowest BCUT2D eigenvalue weighted by molar-refractivity contribution is -0.150. The molecule has 0 spiro atoms. The summed E-state index contributed by atoms with van der Waals surface area (Å²) in [5, 5.41) is 2.82. The predicted octanol–water partition coefficient (Wildman–Crippen LogP) is 2.08. The van der Waals surface area contributed by atoms with Gasteiger partial charge in [-0.2, -0.15) is 0 Å². The molecule has 1 aliphatic heterocycles. The maximum absolute atomic E-state index is 12.4. The first-order valence-corrected chi connectivity index (χ1v) is 7.58. The Morgan fingerprint density at radius 2 is 1.89 bits per heavy atom. The summed E-state index contributed by atoms with van der Waals surface area (Å²) in [6.45, 7) is 6.78. The van der Waals surface area contributed by atoms with Crippen LogP contribution >= 0.6 is 0 Å². The molecule has 1 saturated heterocycles. The van der Waals surface area contributed by atoms with Crippen LogP contribution in [-0.2, 0) is 9.59 Å². The molecule has 0 aromatic rings. The predicted molar refractivity (Wildman–Crippen MR) is 74.6 cm³/mol. The fourth-order valence-corrected chi connectivity index (χ4v) is 3.35. The van der Waals surface area contributed by atoms with Crippen molar-refractivity contribution in [1.82, 2.24) is 10.2 Å². The largest absolute Gasteiger partial charge is 0.343 e. The molecule has 0 aromatic carbocycles. The lowest BCUT2D eigenvalue weighted by Gasteiger charge is -2.44. The Bertz CT molecular complexity index is 361. The monoisotopic (exact) mass is 266 g/mol. The number of amides is 2. The number of carbonyl (C=O) groups is 2. The van der Waals surface area contributed by atoms with Crippen LogP contribution in [0.25, 0.3) is 0 Å². The Hall–Kier alpha value is -1.06. The number of nitrogens with one attached hydrogen (secondary N) is 1. The number of rotatable bonds is 3.